The van der Waals surface area contributed by atoms with Gasteiger partial charge in [0.05, 0.1) is 19.3 Å². The average Bonchev–Trinajstić information content (AvgIpc) is 2.62. The molecule has 0 spiro atoms. The molecule has 132 valence electrons. The van der Waals surface area contributed by atoms with E-state index >= 15 is 0 Å². The average molecular weight is 337 g/mol. The molecule has 2 atom stereocenters. The summed E-state index contributed by atoms with van der Waals surface area (Å²) in [4.78, 5) is 35.5. The number of aliphatic hydroxyl groups excluding tert-OH is 1. The van der Waals surface area contributed by atoms with Gasteiger partial charge in [0, 0.05) is 0 Å². The number of amides is 1. The van der Waals surface area contributed by atoms with E-state index < -0.39 is 30.5 Å². The van der Waals surface area contributed by atoms with Crippen LogP contribution >= 0.6 is 0 Å². The second-order valence-electron chi connectivity index (χ2n) is 5.39. The van der Waals surface area contributed by atoms with Crippen LogP contribution in [0.25, 0.3) is 0 Å². The monoisotopic (exact) mass is 337 g/mol. The first-order valence-corrected chi connectivity index (χ1v) is 7.67. The Bertz CT molecular complexity index is 569. The molecule has 0 aliphatic heterocycles. The van der Waals surface area contributed by atoms with Gasteiger partial charge in [-0.1, -0.05) is 32.4 Å². The number of carbonyl (C=O) groups excluding carboxylic acids is 3. The fraction of sp³-hybridized carbons (Fsp3) is 0.471. The van der Waals surface area contributed by atoms with E-state index in [2.05, 4.69) is 10.1 Å². The second kappa shape index (κ2) is 9.67. The molecule has 0 unspecified atom stereocenters. The molecule has 1 amide bonds. The van der Waals surface area contributed by atoms with Crippen LogP contribution in [0.4, 0.5) is 0 Å². The maximum atomic E-state index is 11.9. The van der Waals surface area contributed by atoms with E-state index in [4.69, 9.17) is 9.84 Å². The van der Waals surface area contributed by atoms with Gasteiger partial charge in [0.15, 0.2) is 6.61 Å². The lowest BCUT2D eigenvalue weighted by atomic mass is 9.99. The second-order valence-corrected chi connectivity index (χ2v) is 5.39. The highest BCUT2D eigenvalue weighted by Crippen LogP contribution is 2.09. The molecule has 7 nitrogen and oxygen atoms in total. The maximum Gasteiger partial charge on any atom is 0.338 e. The molecule has 0 aliphatic rings. The summed E-state index contributed by atoms with van der Waals surface area (Å²) in [5.74, 6) is -1.88. The number of rotatable bonds is 8. The summed E-state index contributed by atoms with van der Waals surface area (Å²) < 4.78 is 9.60. The fourth-order valence-electron chi connectivity index (χ4n) is 1.97. The Balaban J connectivity index is 2.57. The van der Waals surface area contributed by atoms with Crippen molar-refractivity contribution in [2.45, 2.75) is 32.9 Å². The fourth-order valence-corrected chi connectivity index (χ4v) is 1.97. The van der Waals surface area contributed by atoms with Crippen LogP contribution in [0.5, 0.6) is 0 Å². The van der Waals surface area contributed by atoms with Gasteiger partial charge in [0.25, 0.3) is 5.91 Å². The number of methoxy groups -OCH3 is 1. The molecule has 0 fully saturated rings. The molecule has 1 rings (SSSR count). The van der Waals surface area contributed by atoms with Crippen LogP contribution in [0.2, 0.25) is 0 Å². The van der Waals surface area contributed by atoms with Crippen LogP contribution in [0.1, 0.15) is 36.2 Å². The molecule has 0 radical (unpaired) electrons. The molecular formula is C17H23NO6. The van der Waals surface area contributed by atoms with Gasteiger partial charge in [-0.25, -0.2) is 9.59 Å². The zero-order chi connectivity index (χ0) is 18.1. The van der Waals surface area contributed by atoms with Crippen LogP contribution in [-0.2, 0) is 25.7 Å². The molecule has 1 aromatic rings. The minimum atomic E-state index is -0.782. The van der Waals surface area contributed by atoms with Crippen LogP contribution in [0.3, 0.4) is 0 Å². The van der Waals surface area contributed by atoms with Crippen molar-refractivity contribution in [1.82, 2.24) is 5.32 Å². The lowest BCUT2D eigenvalue weighted by Crippen LogP contribution is -2.47. The summed E-state index contributed by atoms with van der Waals surface area (Å²) in [5, 5.41) is 11.5. The Morgan fingerprint density at radius 1 is 1.21 bits per heavy atom. The standard InChI is InChI=1S/C17H23NO6/c1-4-11(2)15(17(22)23-3)18-14(20)10-24-16(21)13-7-5-12(9-19)6-8-13/h5-8,11,15,19H,4,9-10H2,1-3H3,(H,18,20)/t11-,15-/m1/s1. The highest BCUT2D eigenvalue weighted by Gasteiger charge is 2.27. The number of ether oxygens (including phenoxy) is 2. The smallest absolute Gasteiger partial charge is 0.338 e. The van der Waals surface area contributed by atoms with Crippen molar-refractivity contribution in [2.24, 2.45) is 5.92 Å². The van der Waals surface area contributed by atoms with Gasteiger partial charge in [0.2, 0.25) is 0 Å². The van der Waals surface area contributed by atoms with Crippen LogP contribution in [0, 0.1) is 5.92 Å². The minimum Gasteiger partial charge on any atom is -0.467 e. The van der Waals surface area contributed by atoms with Gasteiger partial charge in [0.1, 0.15) is 6.04 Å². The van der Waals surface area contributed by atoms with Crippen LogP contribution < -0.4 is 5.32 Å². The Hall–Kier alpha value is -2.41. The van der Waals surface area contributed by atoms with Crippen LogP contribution in [-0.4, -0.2) is 42.7 Å². The quantitative estimate of drug-likeness (QED) is 0.687. The highest BCUT2D eigenvalue weighted by atomic mass is 16.5. The Kier molecular flexibility index (Phi) is 7.91. The number of nitrogens with one attached hydrogen (secondary N) is 1. The van der Waals surface area contributed by atoms with E-state index in [9.17, 15) is 14.4 Å². The predicted molar refractivity (Wildman–Crippen MR) is 86.0 cm³/mol. The van der Waals surface area contributed by atoms with Gasteiger partial charge >= 0.3 is 11.9 Å². The number of benzene rings is 1. The van der Waals surface area contributed by atoms with Crippen molar-refractivity contribution in [3.63, 3.8) is 0 Å². The number of hydrogen-bond donors (Lipinski definition) is 2. The van der Waals surface area contributed by atoms with Crippen molar-refractivity contribution in [1.29, 1.82) is 0 Å². The molecule has 0 bridgehead atoms. The van der Waals surface area contributed by atoms with Gasteiger partial charge in [-0.05, 0) is 23.6 Å². The van der Waals surface area contributed by atoms with E-state index in [1.165, 1.54) is 19.2 Å². The third-order valence-corrected chi connectivity index (χ3v) is 3.69. The van der Waals surface area contributed by atoms with Gasteiger partial charge < -0.3 is 19.9 Å². The number of esters is 2. The van der Waals surface area contributed by atoms with Crippen molar-refractivity contribution < 1.29 is 29.0 Å². The maximum absolute atomic E-state index is 11.9. The predicted octanol–water partition coefficient (Wildman–Crippen LogP) is 1.04. The molecule has 24 heavy (non-hydrogen) atoms. The van der Waals surface area contributed by atoms with Gasteiger partial charge in [-0.3, -0.25) is 4.79 Å². The molecule has 0 heterocycles. The third kappa shape index (κ3) is 5.66. The summed E-state index contributed by atoms with van der Waals surface area (Å²) in [7, 11) is 1.25. The lowest BCUT2D eigenvalue weighted by Gasteiger charge is -2.21. The largest absolute Gasteiger partial charge is 0.467 e. The van der Waals surface area contributed by atoms with Crippen molar-refractivity contribution in [2.75, 3.05) is 13.7 Å². The Morgan fingerprint density at radius 3 is 2.33 bits per heavy atom. The lowest BCUT2D eigenvalue weighted by molar-refractivity contribution is -0.147. The van der Waals surface area contributed by atoms with Crippen molar-refractivity contribution in [3.05, 3.63) is 35.4 Å². The normalized spacial score (nSPS) is 12.8. The molecular weight excluding hydrogens is 314 g/mol. The molecule has 0 aromatic heterocycles. The molecule has 0 saturated heterocycles. The van der Waals surface area contributed by atoms with E-state index in [0.29, 0.717) is 12.0 Å². The zero-order valence-electron chi connectivity index (χ0n) is 14.1. The minimum absolute atomic E-state index is 0.108. The van der Waals surface area contributed by atoms with E-state index in [0.717, 1.165) is 0 Å². The highest BCUT2D eigenvalue weighted by molar-refractivity contribution is 5.92. The third-order valence-electron chi connectivity index (χ3n) is 3.69. The topological polar surface area (TPSA) is 102 Å². The summed E-state index contributed by atoms with van der Waals surface area (Å²) in [5.41, 5.74) is 0.935. The number of aliphatic hydroxyl groups is 1. The zero-order valence-corrected chi connectivity index (χ0v) is 14.1. The number of hydrogen-bond acceptors (Lipinski definition) is 6. The summed E-state index contributed by atoms with van der Waals surface area (Å²) >= 11 is 0. The molecule has 1 aromatic carbocycles. The van der Waals surface area contributed by atoms with Crippen molar-refractivity contribution >= 4 is 17.8 Å². The number of carbonyl (C=O) groups is 3. The Morgan fingerprint density at radius 2 is 1.83 bits per heavy atom. The first-order chi connectivity index (χ1) is 11.4. The first kappa shape index (κ1) is 19.6. The van der Waals surface area contributed by atoms with Crippen molar-refractivity contribution in [3.8, 4) is 0 Å². The molecule has 2 N–H and O–H groups in total. The van der Waals surface area contributed by atoms with E-state index in [1.54, 1.807) is 12.1 Å². The Labute approximate surface area is 141 Å². The molecule has 0 saturated carbocycles. The molecule has 7 heteroatoms. The van der Waals surface area contributed by atoms with E-state index in [1.807, 2.05) is 13.8 Å². The summed E-state index contributed by atoms with van der Waals surface area (Å²) in [6.07, 6.45) is 0.678. The summed E-state index contributed by atoms with van der Waals surface area (Å²) in [6, 6.07) is 5.40. The molecule has 0 aliphatic carbocycles. The van der Waals surface area contributed by atoms with Crippen LogP contribution in [0.15, 0.2) is 24.3 Å². The van der Waals surface area contributed by atoms with Gasteiger partial charge in [-0.15, -0.1) is 0 Å². The first-order valence-electron chi connectivity index (χ1n) is 7.67. The van der Waals surface area contributed by atoms with E-state index in [-0.39, 0.29) is 18.1 Å². The van der Waals surface area contributed by atoms with Gasteiger partial charge in [-0.2, -0.15) is 0 Å². The SMILES string of the molecule is CC[C@@H](C)[C@@H](NC(=O)COC(=O)c1ccc(CO)cc1)C(=O)OC. The summed E-state index contributed by atoms with van der Waals surface area (Å²) in [6.45, 7) is 3.09.